The summed E-state index contributed by atoms with van der Waals surface area (Å²) in [5.74, 6) is 0.584. The van der Waals surface area contributed by atoms with Crippen molar-refractivity contribution < 1.29 is 10.0 Å². The maximum Gasteiger partial charge on any atom is 0.290 e. The molecule has 1 rings (SSSR count). The number of hydrogen-bond acceptors (Lipinski definition) is 5. The lowest BCUT2D eigenvalue weighted by Crippen LogP contribution is -2.21. The molecule has 6 nitrogen and oxygen atoms in total. The fourth-order valence-corrected chi connectivity index (χ4v) is 1.65. The van der Waals surface area contributed by atoms with Crippen molar-refractivity contribution >= 4 is 11.5 Å². The van der Waals surface area contributed by atoms with Crippen LogP contribution < -0.4 is 5.32 Å². The molecule has 0 aliphatic rings. The fourth-order valence-electron chi connectivity index (χ4n) is 1.65. The summed E-state index contributed by atoms with van der Waals surface area (Å²) in [6, 6.07) is 3.06. The van der Waals surface area contributed by atoms with Crippen LogP contribution in [-0.4, -0.2) is 27.2 Å². The molecule has 0 radical (unpaired) electrons. The van der Waals surface area contributed by atoms with Crippen LogP contribution >= 0.6 is 0 Å². The number of aliphatic hydroxyl groups is 1. The smallest absolute Gasteiger partial charge is 0.290 e. The van der Waals surface area contributed by atoms with Crippen LogP contribution in [0, 0.1) is 17.0 Å². The lowest BCUT2D eigenvalue weighted by Gasteiger charge is -2.16. The van der Waals surface area contributed by atoms with Crippen molar-refractivity contribution in [3.8, 4) is 0 Å². The second-order valence-electron chi connectivity index (χ2n) is 4.19. The Morgan fingerprint density at radius 3 is 2.65 bits per heavy atom. The summed E-state index contributed by atoms with van der Waals surface area (Å²) in [5.41, 5.74) is 0.392. The van der Waals surface area contributed by atoms with E-state index in [4.69, 9.17) is 0 Å². The SMILES string of the molecule is Cc1nc(NC(C)CC(C)O)ccc1[N+](=O)[O-]. The zero-order valence-corrected chi connectivity index (χ0v) is 10.2. The van der Waals surface area contributed by atoms with E-state index >= 15 is 0 Å². The van der Waals surface area contributed by atoms with Gasteiger partial charge in [-0.15, -0.1) is 0 Å². The first-order valence-electron chi connectivity index (χ1n) is 5.46. The number of aromatic nitrogens is 1. The van der Waals surface area contributed by atoms with Gasteiger partial charge in [0.05, 0.1) is 11.0 Å². The lowest BCUT2D eigenvalue weighted by atomic mass is 10.1. The summed E-state index contributed by atoms with van der Waals surface area (Å²) in [7, 11) is 0. The minimum atomic E-state index is -0.453. The van der Waals surface area contributed by atoms with E-state index in [9.17, 15) is 15.2 Å². The Labute approximate surface area is 99.8 Å². The number of pyridine rings is 1. The van der Waals surface area contributed by atoms with Crippen LogP contribution in [0.2, 0.25) is 0 Å². The summed E-state index contributed by atoms with van der Waals surface area (Å²) in [4.78, 5) is 14.3. The first-order valence-corrected chi connectivity index (χ1v) is 5.46. The number of nitro groups is 1. The van der Waals surface area contributed by atoms with Gasteiger partial charge in [0.15, 0.2) is 0 Å². The van der Waals surface area contributed by atoms with Crippen LogP contribution in [0.1, 0.15) is 26.0 Å². The van der Waals surface area contributed by atoms with Gasteiger partial charge in [0.1, 0.15) is 11.5 Å². The van der Waals surface area contributed by atoms with Crippen molar-refractivity contribution in [2.24, 2.45) is 0 Å². The average molecular weight is 239 g/mol. The maximum atomic E-state index is 10.6. The molecule has 1 aromatic heterocycles. The summed E-state index contributed by atoms with van der Waals surface area (Å²) < 4.78 is 0. The molecule has 0 aromatic carbocycles. The Morgan fingerprint density at radius 1 is 1.53 bits per heavy atom. The average Bonchev–Trinajstić information content (AvgIpc) is 2.15. The van der Waals surface area contributed by atoms with Gasteiger partial charge >= 0.3 is 0 Å². The minimum Gasteiger partial charge on any atom is -0.393 e. The normalized spacial score (nSPS) is 14.1. The number of anilines is 1. The van der Waals surface area contributed by atoms with Gasteiger partial charge in [0.2, 0.25) is 0 Å². The lowest BCUT2D eigenvalue weighted by molar-refractivity contribution is -0.385. The van der Waals surface area contributed by atoms with Crippen LogP contribution in [0.15, 0.2) is 12.1 Å². The van der Waals surface area contributed by atoms with Crippen LogP contribution in [0.3, 0.4) is 0 Å². The van der Waals surface area contributed by atoms with Gasteiger partial charge in [0.25, 0.3) is 5.69 Å². The van der Waals surface area contributed by atoms with E-state index in [0.29, 0.717) is 17.9 Å². The van der Waals surface area contributed by atoms with E-state index in [1.54, 1.807) is 19.9 Å². The molecule has 2 N–H and O–H groups in total. The van der Waals surface area contributed by atoms with Gasteiger partial charge in [-0.25, -0.2) is 4.98 Å². The second-order valence-corrected chi connectivity index (χ2v) is 4.19. The van der Waals surface area contributed by atoms with Crippen LogP contribution in [0.25, 0.3) is 0 Å². The Hall–Kier alpha value is -1.69. The first-order chi connectivity index (χ1) is 7.90. The van der Waals surface area contributed by atoms with Crippen molar-refractivity contribution in [2.45, 2.75) is 39.3 Å². The largest absolute Gasteiger partial charge is 0.393 e. The highest BCUT2D eigenvalue weighted by atomic mass is 16.6. The molecule has 94 valence electrons. The zero-order chi connectivity index (χ0) is 13.0. The van der Waals surface area contributed by atoms with E-state index in [1.165, 1.54) is 6.07 Å². The molecule has 0 bridgehead atoms. The van der Waals surface area contributed by atoms with Gasteiger partial charge in [-0.2, -0.15) is 0 Å². The molecule has 0 saturated carbocycles. The highest BCUT2D eigenvalue weighted by Gasteiger charge is 2.13. The molecule has 0 spiro atoms. The van der Waals surface area contributed by atoms with Gasteiger partial charge in [0, 0.05) is 12.1 Å². The molecule has 6 heteroatoms. The molecule has 0 saturated heterocycles. The third kappa shape index (κ3) is 3.99. The molecule has 17 heavy (non-hydrogen) atoms. The van der Waals surface area contributed by atoms with E-state index < -0.39 is 11.0 Å². The van der Waals surface area contributed by atoms with Crippen molar-refractivity contribution in [3.63, 3.8) is 0 Å². The molecule has 0 amide bonds. The standard InChI is InChI=1S/C11H17N3O3/c1-7(6-8(2)15)12-11-5-4-10(14(16)17)9(3)13-11/h4-5,7-8,15H,6H2,1-3H3,(H,12,13). The number of nitrogens with one attached hydrogen (secondary N) is 1. The summed E-state index contributed by atoms with van der Waals surface area (Å²) >= 11 is 0. The van der Waals surface area contributed by atoms with Gasteiger partial charge < -0.3 is 10.4 Å². The van der Waals surface area contributed by atoms with Crippen LogP contribution in [-0.2, 0) is 0 Å². The molecular formula is C11H17N3O3. The predicted octanol–water partition coefficient (Wildman–Crippen LogP) is 1.87. The van der Waals surface area contributed by atoms with Crippen LogP contribution in [0.5, 0.6) is 0 Å². The van der Waals surface area contributed by atoms with Gasteiger partial charge in [-0.3, -0.25) is 10.1 Å². The van der Waals surface area contributed by atoms with E-state index in [0.717, 1.165) is 0 Å². The molecular weight excluding hydrogens is 222 g/mol. The second kappa shape index (κ2) is 5.58. The molecule has 2 unspecified atom stereocenters. The Balaban J connectivity index is 2.74. The van der Waals surface area contributed by atoms with E-state index in [1.807, 2.05) is 6.92 Å². The van der Waals surface area contributed by atoms with Crippen molar-refractivity contribution in [3.05, 3.63) is 27.9 Å². The topological polar surface area (TPSA) is 88.3 Å². The summed E-state index contributed by atoms with van der Waals surface area (Å²) in [6.07, 6.45) is 0.203. The number of hydrogen-bond donors (Lipinski definition) is 2. The highest BCUT2D eigenvalue weighted by Crippen LogP contribution is 2.18. The molecule has 1 heterocycles. The summed E-state index contributed by atoms with van der Waals surface area (Å²) in [6.45, 7) is 5.24. The molecule has 1 aromatic rings. The first kappa shape index (κ1) is 13.4. The number of rotatable bonds is 5. The maximum absolute atomic E-state index is 10.6. The molecule has 2 atom stereocenters. The fraction of sp³-hybridized carbons (Fsp3) is 0.545. The van der Waals surface area contributed by atoms with Crippen molar-refractivity contribution in [1.82, 2.24) is 4.98 Å². The molecule has 0 aliphatic heterocycles. The predicted molar refractivity (Wildman–Crippen MR) is 65.0 cm³/mol. The number of aryl methyl sites for hydroxylation is 1. The Bertz CT molecular complexity index is 407. The van der Waals surface area contributed by atoms with E-state index in [2.05, 4.69) is 10.3 Å². The zero-order valence-electron chi connectivity index (χ0n) is 10.2. The third-order valence-corrected chi connectivity index (χ3v) is 2.34. The number of nitrogens with zero attached hydrogens (tertiary/aromatic N) is 2. The van der Waals surface area contributed by atoms with E-state index in [-0.39, 0.29) is 11.7 Å². The van der Waals surface area contributed by atoms with Crippen LogP contribution in [0.4, 0.5) is 11.5 Å². The van der Waals surface area contributed by atoms with Gasteiger partial charge in [-0.05, 0) is 33.3 Å². The van der Waals surface area contributed by atoms with Crippen molar-refractivity contribution in [2.75, 3.05) is 5.32 Å². The third-order valence-electron chi connectivity index (χ3n) is 2.34. The summed E-state index contributed by atoms with van der Waals surface area (Å²) in [5, 5.41) is 22.9. The van der Waals surface area contributed by atoms with Gasteiger partial charge in [-0.1, -0.05) is 0 Å². The molecule has 0 aliphatic carbocycles. The number of aliphatic hydroxyl groups excluding tert-OH is 1. The Morgan fingerprint density at radius 2 is 2.18 bits per heavy atom. The van der Waals surface area contributed by atoms with Crippen molar-refractivity contribution in [1.29, 1.82) is 0 Å². The minimum absolute atomic E-state index is 0.0127. The quantitative estimate of drug-likeness (QED) is 0.605. The molecule has 0 fully saturated rings. The Kier molecular flexibility index (Phi) is 4.39. The highest BCUT2D eigenvalue weighted by molar-refractivity contribution is 5.45. The monoisotopic (exact) mass is 239 g/mol.